The molecular formula is C26H34O11. The van der Waals surface area contributed by atoms with E-state index in [1.54, 1.807) is 30.3 Å². The Hall–Kier alpha value is -2.90. The van der Waals surface area contributed by atoms with Crippen LogP contribution in [0, 0.1) is 0 Å². The minimum Gasteiger partial charge on any atom is -0.504 e. The zero-order valence-corrected chi connectivity index (χ0v) is 20.6. The molecule has 6 unspecified atom stereocenters. The third-order valence-electron chi connectivity index (χ3n) is 6.24. The molecule has 1 aliphatic rings. The van der Waals surface area contributed by atoms with Gasteiger partial charge in [0, 0.05) is 11.5 Å². The van der Waals surface area contributed by atoms with E-state index < -0.39 is 43.2 Å². The quantitative estimate of drug-likeness (QED) is 0.215. The molecular weight excluding hydrogens is 488 g/mol. The molecule has 2 aromatic carbocycles. The van der Waals surface area contributed by atoms with Crippen molar-refractivity contribution in [1.29, 1.82) is 0 Å². The van der Waals surface area contributed by atoms with E-state index in [1.165, 1.54) is 26.4 Å². The highest BCUT2D eigenvalue weighted by atomic mass is 16.7. The van der Waals surface area contributed by atoms with Crippen molar-refractivity contribution in [3.8, 4) is 23.0 Å². The molecule has 2 aromatic rings. The molecule has 1 heterocycles. The Balaban J connectivity index is 1.97. The Morgan fingerprint density at radius 2 is 1.68 bits per heavy atom. The van der Waals surface area contributed by atoms with Gasteiger partial charge in [-0.05, 0) is 41.8 Å². The van der Waals surface area contributed by atoms with E-state index in [1.807, 2.05) is 0 Å². The number of methoxy groups -OCH3 is 2. The van der Waals surface area contributed by atoms with Gasteiger partial charge in [0.2, 0.25) is 0 Å². The van der Waals surface area contributed by atoms with E-state index in [0.29, 0.717) is 11.1 Å². The first kappa shape index (κ1) is 28.7. The van der Waals surface area contributed by atoms with E-state index >= 15 is 0 Å². The third-order valence-corrected chi connectivity index (χ3v) is 6.24. The van der Waals surface area contributed by atoms with Gasteiger partial charge in [-0.1, -0.05) is 18.2 Å². The zero-order chi connectivity index (χ0) is 27.1. The Morgan fingerprint density at radius 1 is 0.946 bits per heavy atom. The zero-order valence-electron chi connectivity index (χ0n) is 20.6. The van der Waals surface area contributed by atoms with Crippen molar-refractivity contribution in [3.05, 3.63) is 53.1 Å². The molecule has 37 heavy (non-hydrogen) atoms. The molecule has 7 N–H and O–H groups in total. The largest absolute Gasteiger partial charge is 0.504 e. The maximum Gasteiger partial charge on any atom is 0.186 e. The maximum atomic E-state index is 11.0. The summed E-state index contributed by atoms with van der Waals surface area (Å²) in [7, 11) is 2.83. The normalized spacial score (nSPS) is 24.8. The predicted molar refractivity (Wildman–Crippen MR) is 132 cm³/mol. The van der Waals surface area contributed by atoms with Crippen LogP contribution in [-0.4, -0.2) is 100 Å². The Labute approximate surface area is 214 Å². The highest BCUT2D eigenvalue weighted by Gasteiger charge is 2.44. The predicted octanol–water partition coefficient (Wildman–Crippen LogP) is 0.263. The molecule has 0 radical (unpaired) electrons. The Kier molecular flexibility index (Phi) is 10.1. The van der Waals surface area contributed by atoms with Gasteiger partial charge in [0.25, 0.3) is 0 Å². The first-order chi connectivity index (χ1) is 17.7. The number of aliphatic hydroxyl groups excluding tert-OH is 5. The molecule has 11 nitrogen and oxygen atoms in total. The summed E-state index contributed by atoms with van der Waals surface area (Å²) in [5.74, 6) is -0.306. The number of rotatable bonds is 11. The number of aromatic hydroxyl groups is 2. The maximum absolute atomic E-state index is 11.0. The second-order valence-corrected chi connectivity index (χ2v) is 8.68. The van der Waals surface area contributed by atoms with E-state index in [9.17, 15) is 35.7 Å². The standard InChI is InChI=1S/C26H34O11/c1-34-19-10-15(5-6-18(19)29)8-16(13-36-26-25(33)24(32)23(31)21(12-28)37-26)17-9-14(4-3-7-27)11-20(35-2)22(17)30/h3-6,9-11,16,21,23-33H,7-8,12-13H2,1-2H3/b4-3+. The monoisotopic (exact) mass is 522 g/mol. The average Bonchev–Trinajstić information content (AvgIpc) is 2.90. The SMILES string of the molecule is COc1cc(CC(COC2OC(CO)C(O)C(O)C2O)c2cc(/C=C/CO)cc(OC)c2O)ccc1O. The van der Waals surface area contributed by atoms with Crippen LogP contribution in [0.1, 0.15) is 22.6 Å². The van der Waals surface area contributed by atoms with E-state index in [4.69, 9.17) is 18.9 Å². The summed E-state index contributed by atoms with van der Waals surface area (Å²) in [5, 5.41) is 70.1. The molecule has 6 atom stereocenters. The molecule has 204 valence electrons. The number of ether oxygens (including phenoxy) is 4. The van der Waals surface area contributed by atoms with Gasteiger partial charge in [0.15, 0.2) is 29.3 Å². The van der Waals surface area contributed by atoms with Crippen LogP contribution in [0.3, 0.4) is 0 Å². The topological polar surface area (TPSA) is 179 Å². The van der Waals surface area contributed by atoms with Crippen molar-refractivity contribution in [2.24, 2.45) is 0 Å². The summed E-state index contributed by atoms with van der Waals surface area (Å²) in [6.07, 6.45) is -3.76. The van der Waals surface area contributed by atoms with Crippen LogP contribution in [0.25, 0.3) is 6.08 Å². The smallest absolute Gasteiger partial charge is 0.186 e. The highest BCUT2D eigenvalue weighted by molar-refractivity contribution is 5.60. The molecule has 3 rings (SSSR count). The van der Waals surface area contributed by atoms with Gasteiger partial charge in [0.1, 0.15) is 24.4 Å². The molecule has 11 heteroatoms. The number of phenols is 2. The summed E-state index contributed by atoms with van der Waals surface area (Å²) in [4.78, 5) is 0. The minimum atomic E-state index is -1.60. The summed E-state index contributed by atoms with van der Waals surface area (Å²) in [6.45, 7) is -0.913. The number of aliphatic hydroxyl groups is 5. The van der Waals surface area contributed by atoms with Crippen LogP contribution < -0.4 is 9.47 Å². The third kappa shape index (κ3) is 6.70. The number of phenolic OH excluding ortho intramolecular Hbond substituents is 2. The number of hydrogen-bond donors (Lipinski definition) is 7. The molecule has 1 aliphatic heterocycles. The summed E-state index contributed by atoms with van der Waals surface area (Å²) in [5.41, 5.74) is 1.79. The molecule has 1 saturated heterocycles. The second-order valence-electron chi connectivity index (χ2n) is 8.68. The lowest BCUT2D eigenvalue weighted by atomic mass is 9.90. The van der Waals surface area contributed by atoms with Gasteiger partial charge >= 0.3 is 0 Å². The van der Waals surface area contributed by atoms with Gasteiger partial charge < -0.3 is 54.7 Å². The van der Waals surface area contributed by atoms with Crippen LogP contribution in [0.15, 0.2) is 36.4 Å². The first-order valence-electron chi connectivity index (χ1n) is 11.7. The molecule has 0 amide bonds. The van der Waals surface area contributed by atoms with Crippen molar-refractivity contribution < 1.29 is 54.7 Å². The lowest BCUT2D eigenvalue weighted by Gasteiger charge is -2.40. The lowest BCUT2D eigenvalue weighted by molar-refractivity contribution is -0.301. The molecule has 0 bridgehead atoms. The van der Waals surface area contributed by atoms with Crippen molar-refractivity contribution in [2.75, 3.05) is 34.0 Å². The van der Waals surface area contributed by atoms with Gasteiger partial charge in [-0.3, -0.25) is 0 Å². The van der Waals surface area contributed by atoms with Crippen molar-refractivity contribution in [1.82, 2.24) is 0 Å². The highest BCUT2D eigenvalue weighted by Crippen LogP contribution is 2.39. The van der Waals surface area contributed by atoms with Crippen LogP contribution in [0.4, 0.5) is 0 Å². The average molecular weight is 523 g/mol. The number of benzene rings is 2. The molecule has 0 spiro atoms. The molecule has 0 saturated carbocycles. The van der Waals surface area contributed by atoms with Gasteiger partial charge in [-0.15, -0.1) is 0 Å². The van der Waals surface area contributed by atoms with Crippen LogP contribution >= 0.6 is 0 Å². The van der Waals surface area contributed by atoms with Crippen LogP contribution in [0.2, 0.25) is 0 Å². The molecule has 0 aliphatic carbocycles. The van der Waals surface area contributed by atoms with Gasteiger partial charge in [-0.25, -0.2) is 0 Å². The summed E-state index contributed by atoms with van der Waals surface area (Å²) >= 11 is 0. The second kappa shape index (κ2) is 13.1. The van der Waals surface area contributed by atoms with Gasteiger partial charge in [-0.2, -0.15) is 0 Å². The number of hydrogen-bond acceptors (Lipinski definition) is 11. The van der Waals surface area contributed by atoms with Crippen molar-refractivity contribution >= 4 is 6.08 Å². The molecule has 1 fully saturated rings. The first-order valence-corrected chi connectivity index (χ1v) is 11.7. The van der Waals surface area contributed by atoms with Crippen molar-refractivity contribution in [3.63, 3.8) is 0 Å². The van der Waals surface area contributed by atoms with Crippen molar-refractivity contribution in [2.45, 2.75) is 43.0 Å². The van der Waals surface area contributed by atoms with Gasteiger partial charge in [0.05, 0.1) is 34.0 Å². The van der Waals surface area contributed by atoms with E-state index in [2.05, 4.69) is 0 Å². The molecule has 0 aromatic heterocycles. The van der Waals surface area contributed by atoms with E-state index in [-0.39, 0.29) is 42.6 Å². The Morgan fingerprint density at radius 3 is 2.32 bits per heavy atom. The fraction of sp³-hybridized carbons (Fsp3) is 0.462. The Bertz CT molecular complexity index is 1060. The summed E-state index contributed by atoms with van der Waals surface area (Å²) in [6, 6.07) is 8.10. The van der Waals surface area contributed by atoms with E-state index in [0.717, 1.165) is 5.56 Å². The summed E-state index contributed by atoms with van der Waals surface area (Å²) < 4.78 is 21.8. The fourth-order valence-electron chi connectivity index (χ4n) is 4.21. The fourth-order valence-corrected chi connectivity index (χ4v) is 4.21. The van der Waals surface area contributed by atoms with Crippen LogP contribution in [-0.2, 0) is 15.9 Å². The van der Waals surface area contributed by atoms with Crippen LogP contribution in [0.5, 0.6) is 23.0 Å². The minimum absolute atomic E-state index is 0.0407. The lowest BCUT2D eigenvalue weighted by Crippen LogP contribution is -2.59.